The average molecular weight is 463 g/mol. The largest absolute Gasteiger partial charge is 0.440 e. The van der Waals surface area contributed by atoms with Gasteiger partial charge in [-0.3, -0.25) is 0 Å². The van der Waals surface area contributed by atoms with E-state index in [0.717, 1.165) is 29.2 Å². The first-order valence-corrected chi connectivity index (χ1v) is 12.1. The number of nitrogens with zero attached hydrogens (tertiary/aromatic N) is 3. The molecule has 0 saturated heterocycles. The van der Waals surface area contributed by atoms with Gasteiger partial charge in [0.25, 0.3) is 0 Å². The molecule has 0 fully saturated rings. The molecule has 4 aromatic rings. The van der Waals surface area contributed by atoms with Crippen LogP contribution in [0.2, 0.25) is 5.02 Å². The van der Waals surface area contributed by atoms with Crippen LogP contribution in [0.4, 0.5) is 0 Å². The second-order valence-electron chi connectivity index (χ2n) is 6.66. The number of sulfonamides is 1. The first-order valence-electron chi connectivity index (χ1n) is 9.21. The molecule has 4 rings (SSSR count). The molecule has 2 aromatic heterocycles. The van der Waals surface area contributed by atoms with E-state index in [1.54, 1.807) is 24.4 Å². The Bertz CT molecular complexity index is 1300. The number of primary sulfonamides is 1. The lowest BCUT2D eigenvalue weighted by Gasteiger charge is -2.06. The van der Waals surface area contributed by atoms with E-state index in [0.29, 0.717) is 27.9 Å². The minimum atomic E-state index is -3.78. The molecule has 2 aromatic carbocycles. The molecule has 0 radical (unpaired) electrons. The first kappa shape index (κ1) is 20.9. The van der Waals surface area contributed by atoms with E-state index in [2.05, 4.69) is 21.5 Å². The van der Waals surface area contributed by atoms with Gasteiger partial charge in [-0.1, -0.05) is 30.3 Å². The number of rotatable bonds is 7. The summed E-state index contributed by atoms with van der Waals surface area (Å²) in [6.07, 6.45) is 2.60. The van der Waals surface area contributed by atoms with Gasteiger partial charge < -0.3 is 8.98 Å². The number of halogens is 1. The monoisotopic (exact) mass is 462 g/mol. The van der Waals surface area contributed by atoms with Crippen LogP contribution in [0.5, 0.6) is 0 Å². The van der Waals surface area contributed by atoms with Gasteiger partial charge in [-0.15, -0.1) is 0 Å². The van der Waals surface area contributed by atoms with Gasteiger partial charge in [0.15, 0.2) is 10.9 Å². The van der Waals surface area contributed by atoms with E-state index in [4.69, 9.17) is 21.2 Å². The molecule has 0 unspecified atom stereocenters. The van der Waals surface area contributed by atoms with Crippen molar-refractivity contribution in [3.63, 3.8) is 0 Å². The molecule has 0 spiro atoms. The smallest absolute Gasteiger partial charge is 0.238 e. The van der Waals surface area contributed by atoms with Gasteiger partial charge in [0.1, 0.15) is 0 Å². The van der Waals surface area contributed by atoms with Crippen molar-refractivity contribution in [2.45, 2.75) is 35.7 Å². The summed E-state index contributed by atoms with van der Waals surface area (Å²) < 4.78 is 31.2. The SMILES string of the molecule is CCCn1c(SCc2ncc(-c3ccc(Cl)cc3)o2)nc2cc(S(N)(=O)=O)ccc21. The number of imidazole rings is 1. The minimum Gasteiger partial charge on any atom is -0.440 e. The molecule has 0 aliphatic carbocycles. The van der Waals surface area contributed by atoms with E-state index in [1.807, 2.05) is 12.1 Å². The zero-order valence-electron chi connectivity index (χ0n) is 16.1. The summed E-state index contributed by atoms with van der Waals surface area (Å²) in [6, 6.07) is 12.1. The Kier molecular flexibility index (Phi) is 5.88. The fraction of sp³-hybridized carbons (Fsp3) is 0.200. The zero-order chi connectivity index (χ0) is 21.3. The van der Waals surface area contributed by atoms with E-state index >= 15 is 0 Å². The van der Waals surface area contributed by atoms with Crippen molar-refractivity contribution in [2.75, 3.05) is 0 Å². The zero-order valence-corrected chi connectivity index (χ0v) is 18.5. The Balaban J connectivity index is 1.59. The Labute approximate surface area is 183 Å². The molecule has 0 amide bonds. The summed E-state index contributed by atoms with van der Waals surface area (Å²) in [6.45, 7) is 2.83. The predicted octanol–water partition coefficient (Wildman–Crippen LogP) is 4.69. The highest BCUT2D eigenvalue weighted by molar-refractivity contribution is 7.98. The quantitative estimate of drug-likeness (QED) is 0.399. The number of aryl methyl sites for hydroxylation is 1. The summed E-state index contributed by atoms with van der Waals surface area (Å²) in [5, 5.41) is 6.68. The van der Waals surface area contributed by atoms with Crippen LogP contribution in [0.1, 0.15) is 19.2 Å². The summed E-state index contributed by atoms with van der Waals surface area (Å²) in [5.41, 5.74) is 2.35. The summed E-state index contributed by atoms with van der Waals surface area (Å²) >= 11 is 7.42. The van der Waals surface area contributed by atoms with Crippen LogP contribution in [-0.2, 0) is 22.3 Å². The Hall–Kier alpha value is -2.33. The number of aromatic nitrogens is 3. The van der Waals surface area contributed by atoms with Gasteiger partial charge in [-0.2, -0.15) is 0 Å². The normalized spacial score (nSPS) is 12.0. The summed E-state index contributed by atoms with van der Waals surface area (Å²) in [7, 11) is -3.78. The van der Waals surface area contributed by atoms with Gasteiger partial charge in [-0.25, -0.2) is 23.5 Å². The molecule has 30 heavy (non-hydrogen) atoms. The number of oxazole rings is 1. The van der Waals surface area contributed by atoms with E-state index < -0.39 is 10.0 Å². The predicted molar refractivity (Wildman–Crippen MR) is 118 cm³/mol. The van der Waals surface area contributed by atoms with Gasteiger partial charge >= 0.3 is 0 Å². The summed E-state index contributed by atoms with van der Waals surface area (Å²) in [4.78, 5) is 9.02. The number of hydrogen-bond acceptors (Lipinski definition) is 6. The van der Waals surface area contributed by atoms with E-state index in [9.17, 15) is 8.42 Å². The van der Waals surface area contributed by atoms with Crippen LogP contribution in [-0.4, -0.2) is 23.0 Å². The van der Waals surface area contributed by atoms with Crippen LogP contribution < -0.4 is 5.14 Å². The van der Waals surface area contributed by atoms with Gasteiger partial charge in [0.2, 0.25) is 15.9 Å². The number of nitrogens with two attached hydrogens (primary N) is 1. The minimum absolute atomic E-state index is 0.0491. The van der Waals surface area contributed by atoms with E-state index in [1.165, 1.54) is 23.9 Å². The van der Waals surface area contributed by atoms with Crippen LogP contribution in [0.15, 0.2) is 63.1 Å². The van der Waals surface area contributed by atoms with Gasteiger partial charge in [-0.05, 0) is 48.9 Å². The van der Waals surface area contributed by atoms with Crippen LogP contribution in [0, 0.1) is 0 Å². The van der Waals surface area contributed by atoms with Gasteiger partial charge in [0, 0.05) is 17.1 Å². The van der Waals surface area contributed by atoms with Crippen LogP contribution >= 0.6 is 23.4 Å². The highest BCUT2D eigenvalue weighted by Gasteiger charge is 2.16. The van der Waals surface area contributed by atoms with Crippen molar-refractivity contribution >= 4 is 44.4 Å². The fourth-order valence-electron chi connectivity index (χ4n) is 3.07. The third kappa shape index (κ3) is 4.39. The molecule has 10 heteroatoms. The Morgan fingerprint density at radius 3 is 2.67 bits per heavy atom. The second kappa shape index (κ2) is 8.43. The Morgan fingerprint density at radius 1 is 1.20 bits per heavy atom. The highest BCUT2D eigenvalue weighted by Crippen LogP contribution is 2.30. The average Bonchev–Trinajstić information content (AvgIpc) is 3.31. The lowest BCUT2D eigenvalue weighted by atomic mass is 10.2. The van der Waals surface area contributed by atoms with Crippen molar-refractivity contribution in [3.8, 4) is 11.3 Å². The van der Waals surface area contributed by atoms with Gasteiger partial charge in [0.05, 0.1) is 27.9 Å². The maximum atomic E-state index is 11.7. The number of hydrogen-bond donors (Lipinski definition) is 1. The molecule has 7 nitrogen and oxygen atoms in total. The molecule has 2 N–H and O–H groups in total. The van der Waals surface area contributed by atoms with Crippen molar-refractivity contribution < 1.29 is 12.8 Å². The van der Waals surface area contributed by atoms with E-state index in [-0.39, 0.29) is 4.90 Å². The van der Waals surface area contributed by atoms with Crippen molar-refractivity contribution in [2.24, 2.45) is 5.14 Å². The number of thioether (sulfide) groups is 1. The fourth-order valence-corrected chi connectivity index (χ4v) is 4.62. The lowest BCUT2D eigenvalue weighted by molar-refractivity contribution is 0.529. The molecular formula is C20H19ClN4O3S2. The highest BCUT2D eigenvalue weighted by atomic mass is 35.5. The van der Waals surface area contributed by atoms with Crippen molar-refractivity contribution in [1.29, 1.82) is 0 Å². The second-order valence-corrected chi connectivity index (χ2v) is 9.60. The van der Waals surface area contributed by atoms with Crippen LogP contribution in [0.3, 0.4) is 0 Å². The molecule has 0 atom stereocenters. The van der Waals surface area contributed by atoms with Crippen molar-refractivity contribution in [1.82, 2.24) is 14.5 Å². The maximum absolute atomic E-state index is 11.7. The standard InChI is InChI=1S/C20H19ClN4O3S2/c1-2-9-25-17-8-7-15(30(22,26)27)10-16(17)24-20(25)29-12-19-23-11-18(28-19)13-3-5-14(21)6-4-13/h3-8,10-11H,2,9,12H2,1H3,(H2,22,26,27). The lowest BCUT2D eigenvalue weighted by Crippen LogP contribution is -2.11. The number of benzene rings is 2. The summed E-state index contributed by atoms with van der Waals surface area (Å²) in [5.74, 6) is 1.73. The molecule has 2 heterocycles. The van der Waals surface area contributed by atoms with Crippen LogP contribution in [0.25, 0.3) is 22.4 Å². The third-order valence-electron chi connectivity index (χ3n) is 4.47. The molecule has 156 valence electrons. The maximum Gasteiger partial charge on any atom is 0.238 e. The topological polar surface area (TPSA) is 104 Å². The molecule has 0 bridgehead atoms. The Morgan fingerprint density at radius 2 is 1.97 bits per heavy atom. The molecule has 0 saturated carbocycles. The van der Waals surface area contributed by atoms with Crippen molar-refractivity contribution in [3.05, 3.63) is 59.6 Å². The first-order chi connectivity index (χ1) is 14.3. The third-order valence-corrected chi connectivity index (χ3v) is 6.59. The molecule has 0 aliphatic heterocycles. The molecule has 0 aliphatic rings. The molecular weight excluding hydrogens is 444 g/mol. The number of fused-ring (bicyclic) bond motifs is 1.